The van der Waals surface area contributed by atoms with Gasteiger partial charge >= 0.3 is 0 Å². The van der Waals surface area contributed by atoms with E-state index in [9.17, 15) is 0 Å². The third kappa shape index (κ3) is 1.71. The number of benzene rings is 1. The van der Waals surface area contributed by atoms with Gasteiger partial charge in [-0.05, 0) is 29.3 Å². The maximum Gasteiger partial charge on any atom is 0.144 e. The van der Waals surface area contributed by atoms with Crippen molar-refractivity contribution in [3.63, 3.8) is 0 Å². The van der Waals surface area contributed by atoms with Gasteiger partial charge in [0.2, 0.25) is 0 Å². The van der Waals surface area contributed by atoms with Crippen molar-refractivity contribution >= 4 is 5.82 Å². The molecule has 94 valence electrons. The first kappa shape index (κ1) is 11.5. The number of nitrogens with zero attached hydrogens (tertiary/aromatic N) is 2. The van der Waals surface area contributed by atoms with Crippen molar-refractivity contribution in [2.75, 3.05) is 19.5 Å². The van der Waals surface area contributed by atoms with Gasteiger partial charge in [0, 0.05) is 19.0 Å². The third-order valence-electron chi connectivity index (χ3n) is 3.41. The standard InChI is InChI=1S/C15H13N3O/c1-17-15-11(8-16)6-10-5-9-3-4-12(19-2)7-13(9)14(10)18-15/h3-4,6-7H,5H2,1-2H3,(H,17,18). The lowest BCUT2D eigenvalue weighted by Crippen LogP contribution is -1.98. The zero-order chi connectivity index (χ0) is 13.4. The van der Waals surface area contributed by atoms with Crippen molar-refractivity contribution in [3.8, 4) is 23.1 Å². The molecule has 1 aliphatic rings. The lowest BCUT2D eigenvalue weighted by atomic mass is 10.1. The number of hydrogen-bond acceptors (Lipinski definition) is 4. The molecule has 0 bridgehead atoms. The number of rotatable bonds is 2. The fourth-order valence-electron chi connectivity index (χ4n) is 2.46. The van der Waals surface area contributed by atoms with E-state index in [0.717, 1.165) is 29.0 Å². The summed E-state index contributed by atoms with van der Waals surface area (Å²) in [6, 6.07) is 10.1. The summed E-state index contributed by atoms with van der Waals surface area (Å²) in [7, 11) is 3.43. The van der Waals surface area contributed by atoms with Crippen LogP contribution in [0.4, 0.5) is 5.82 Å². The van der Waals surface area contributed by atoms with E-state index >= 15 is 0 Å². The highest BCUT2D eigenvalue weighted by Gasteiger charge is 2.22. The van der Waals surface area contributed by atoms with Crippen molar-refractivity contribution in [2.24, 2.45) is 0 Å². The van der Waals surface area contributed by atoms with Gasteiger partial charge in [0.1, 0.15) is 17.6 Å². The first-order valence-electron chi connectivity index (χ1n) is 6.06. The summed E-state index contributed by atoms with van der Waals surface area (Å²) >= 11 is 0. The van der Waals surface area contributed by atoms with E-state index in [4.69, 9.17) is 10.00 Å². The molecule has 0 atom stereocenters. The Balaban J connectivity index is 2.20. The summed E-state index contributed by atoms with van der Waals surface area (Å²) in [4.78, 5) is 4.57. The van der Waals surface area contributed by atoms with Gasteiger partial charge in [-0.3, -0.25) is 0 Å². The summed E-state index contributed by atoms with van der Waals surface area (Å²) in [6.45, 7) is 0. The molecule has 1 aromatic carbocycles. The molecule has 1 aliphatic carbocycles. The van der Waals surface area contributed by atoms with Gasteiger partial charge in [-0.15, -0.1) is 0 Å². The number of nitrogens with one attached hydrogen (secondary N) is 1. The molecule has 3 rings (SSSR count). The molecule has 4 heteroatoms. The number of methoxy groups -OCH3 is 1. The molecular weight excluding hydrogens is 238 g/mol. The van der Waals surface area contributed by atoms with Crippen LogP contribution in [0.3, 0.4) is 0 Å². The number of pyridine rings is 1. The Bertz CT molecular complexity index is 701. The number of anilines is 1. The van der Waals surface area contributed by atoms with Gasteiger partial charge in [0.15, 0.2) is 0 Å². The van der Waals surface area contributed by atoms with E-state index in [1.165, 1.54) is 5.56 Å². The van der Waals surface area contributed by atoms with Crippen LogP contribution in [0.25, 0.3) is 11.3 Å². The Morgan fingerprint density at radius 3 is 2.84 bits per heavy atom. The van der Waals surface area contributed by atoms with Gasteiger partial charge in [-0.2, -0.15) is 5.26 Å². The molecule has 0 aliphatic heterocycles. The van der Waals surface area contributed by atoms with Gasteiger partial charge in [0.05, 0.1) is 18.4 Å². The minimum atomic E-state index is 0.584. The van der Waals surface area contributed by atoms with E-state index in [1.807, 2.05) is 18.2 Å². The molecule has 2 aromatic rings. The number of ether oxygens (including phenoxy) is 1. The van der Waals surface area contributed by atoms with Gasteiger partial charge in [0.25, 0.3) is 0 Å². The molecule has 0 amide bonds. The van der Waals surface area contributed by atoms with E-state index in [-0.39, 0.29) is 0 Å². The topological polar surface area (TPSA) is 57.9 Å². The molecule has 0 unspecified atom stereocenters. The second-order valence-corrected chi connectivity index (χ2v) is 4.45. The predicted octanol–water partition coefficient (Wildman–Crippen LogP) is 2.57. The van der Waals surface area contributed by atoms with Crippen LogP contribution in [0.1, 0.15) is 16.7 Å². The zero-order valence-electron chi connectivity index (χ0n) is 10.8. The highest BCUT2D eigenvalue weighted by atomic mass is 16.5. The van der Waals surface area contributed by atoms with Crippen molar-refractivity contribution in [3.05, 3.63) is 41.0 Å². The van der Waals surface area contributed by atoms with Crippen LogP contribution in [0, 0.1) is 11.3 Å². The van der Waals surface area contributed by atoms with Crippen LogP contribution < -0.4 is 10.1 Å². The predicted molar refractivity (Wildman–Crippen MR) is 73.3 cm³/mol. The van der Waals surface area contributed by atoms with Crippen LogP contribution >= 0.6 is 0 Å². The largest absolute Gasteiger partial charge is 0.497 e. The van der Waals surface area contributed by atoms with Gasteiger partial charge in [-0.1, -0.05) is 6.07 Å². The molecule has 1 heterocycles. The number of fused-ring (bicyclic) bond motifs is 3. The van der Waals surface area contributed by atoms with E-state index in [1.54, 1.807) is 14.2 Å². The Morgan fingerprint density at radius 1 is 1.32 bits per heavy atom. The quantitative estimate of drug-likeness (QED) is 0.760. The van der Waals surface area contributed by atoms with Crippen molar-refractivity contribution in [2.45, 2.75) is 6.42 Å². The fourth-order valence-corrected chi connectivity index (χ4v) is 2.46. The first-order valence-corrected chi connectivity index (χ1v) is 6.06. The number of nitriles is 1. The average Bonchev–Trinajstić information content (AvgIpc) is 2.82. The third-order valence-corrected chi connectivity index (χ3v) is 3.41. The second-order valence-electron chi connectivity index (χ2n) is 4.45. The number of aromatic nitrogens is 1. The highest BCUT2D eigenvalue weighted by molar-refractivity contribution is 5.77. The summed E-state index contributed by atoms with van der Waals surface area (Å²) in [5.74, 6) is 1.45. The van der Waals surface area contributed by atoms with Crippen LogP contribution in [0.5, 0.6) is 5.75 Å². The zero-order valence-corrected chi connectivity index (χ0v) is 10.8. The van der Waals surface area contributed by atoms with Crippen molar-refractivity contribution in [1.29, 1.82) is 5.26 Å². The summed E-state index contributed by atoms with van der Waals surface area (Å²) in [5, 5.41) is 12.1. The van der Waals surface area contributed by atoms with E-state index < -0.39 is 0 Å². The molecule has 19 heavy (non-hydrogen) atoms. The average molecular weight is 251 g/mol. The SMILES string of the molecule is CNc1nc2c(cc1C#N)Cc1ccc(OC)cc1-2. The molecule has 1 N–H and O–H groups in total. The molecule has 0 saturated carbocycles. The monoisotopic (exact) mass is 251 g/mol. The van der Waals surface area contributed by atoms with Crippen LogP contribution in [-0.2, 0) is 6.42 Å². The van der Waals surface area contributed by atoms with Crippen molar-refractivity contribution in [1.82, 2.24) is 4.98 Å². The summed E-state index contributed by atoms with van der Waals surface area (Å²) in [6.07, 6.45) is 0.820. The first-order chi connectivity index (χ1) is 9.26. The summed E-state index contributed by atoms with van der Waals surface area (Å²) in [5.41, 5.74) is 4.94. The maximum absolute atomic E-state index is 9.13. The van der Waals surface area contributed by atoms with Crippen LogP contribution in [0.15, 0.2) is 24.3 Å². The molecule has 1 aromatic heterocycles. The minimum Gasteiger partial charge on any atom is -0.497 e. The Labute approximate surface area is 111 Å². The Hall–Kier alpha value is -2.54. The fraction of sp³-hybridized carbons (Fsp3) is 0.200. The lowest BCUT2D eigenvalue weighted by molar-refractivity contribution is 0.415. The molecule has 0 saturated heterocycles. The summed E-state index contributed by atoms with van der Waals surface area (Å²) < 4.78 is 5.26. The molecule has 0 fully saturated rings. The van der Waals surface area contributed by atoms with E-state index in [0.29, 0.717) is 11.4 Å². The van der Waals surface area contributed by atoms with Gasteiger partial charge in [-0.25, -0.2) is 4.98 Å². The lowest BCUT2D eigenvalue weighted by Gasteiger charge is -2.07. The number of hydrogen-bond donors (Lipinski definition) is 1. The molecule has 4 nitrogen and oxygen atoms in total. The normalized spacial score (nSPS) is 11.4. The second kappa shape index (κ2) is 4.29. The molecule has 0 radical (unpaired) electrons. The Kier molecular flexibility index (Phi) is 2.60. The molecular formula is C15H13N3O. The smallest absolute Gasteiger partial charge is 0.144 e. The van der Waals surface area contributed by atoms with E-state index in [2.05, 4.69) is 22.4 Å². The minimum absolute atomic E-state index is 0.584. The van der Waals surface area contributed by atoms with Gasteiger partial charge < -0.3 is 10.1 Å². The Morgan fingerprint density at radius 2 is 2.16 bits per heavy atom. The molecule has 0 spiro atoms. The highest BCUT2D eigenvalue weighted by Crippen LogP contribution is 2.38. The van der Waals surface area contributed by atoms with Crippen LogP contribution in [-0.4, -0.2) is 19.1 Å². The maximum atomic E-state index is 9.13. The van der Waals surface area contributed by atoms with Crippen molar-refractivity contribution < 1.29 is 4.74 Å². The van der Waals surface area contributed by atoms with Crippen LogP contribution in [0.2, 0.25) is 0 Å².